The first-order chi connectivity index (χ1) is 11.2. The molecule has 0 radical (unpaired) electrons. The van der Waals surface area contributed by atoms with Crippen LogP contribution < -0.4 is 9.47 Å². The Morgan fingerprint density at radius 3 is 2.39 bits per heavy atom. The number of carbonyl (C=O) groups is 1. The molecule has 0 saturated carbocycles. The van der Waals surface area contributed by atoms with Crippen molar-refractivity contribution in [2.24, 2.45) is 0 Å². The van der Waals surface area contributed by atoms with E-state index in [1.54, 1.807) is 25.3 Å². The number of methoxy groups -OCH3 is 1. The lowest BCUT2D eigenvalue weighted by Gasteiger charge is -2.17. The SMILES string of the molecule is COc1ccc(C(C=N)C=O)cc1OC1Cc2ccccc2C1. The third kappa shape index (κ3) is 3.11. The van der Waals surface area contributed by atoms with Crippen LogP contribution in [0.4, 0.5) is 0 Å². The van der Waals surface area contributed by atoms with Gasteiger partial charge in [-0.15, -0.1) is 0 Å². The van der Waals surface area contributed by atoms with Gasteiger partial charge in [0.1, 0.15) is 12.4 Å². The van der Waals surface area contributed by atoms with E-state index in [-0.39, 0.29) is 6.10 Å². The molecule has 0 spiro atoms. The average molecular weight is 309 g/mol. The molecule has 4 heteroatoms. The van der Waals surface area contributed by atoms with Crippen LogP contribution in [0.1, 0.15) is 22.6 Å². The highest BCUT2D eigenvalue weighted by Gasteiger charge is 2.24. The van der Waals surface area contributed by atoms with Crippen molar-refractivity contribution in [2.75, 3.05) is 7.11 Å². The zero-order valence-electron chi connectivity index (χ0n) is 13.0. The van der Waals surface area contributed by atoms with Crippen LogP contribution in [-0.4, -0.2) is 25.7 Å². The number of hydrogen-bond acceptors (Lipinski definition) is 4. The third-order valence-electron chi connectivity index (χ3n) is 4.21. The number of hydrogen-bond donors (Lipinski definition) is 1. The molecule has 4 nitrogen and oxygen atoms in total. The van der Waals surface area contributed by atoms with E-state index in [0.29, 0.717) is 11.5 Å². The topological polar surface area (TPSA) is 59.4 Å². The molecule has 118 valence electrons. The molecule has 1 aliphatic rings. The van der Waals surface area contributed by atoms with E-state index in [0.717, 1.165) is 30.9 Å². The molecule has 1 atom stereocenters. The zero-order chi connectivity index (χ0) is 16.2. The molecule has 0 aromatic heterocycles. The third-order valence-corrected chi connectivity index (χ3v) is 4.21. The minimum absolute atomic E-state index is 0.0613. The summed E-state index contributed by atoms with van der Waals surface area (Å²) in [5, 5.41) is 7.35. The molecule has 2 aromatic carbocycles. The minimum atomic E-state index is -0.552. The van der Waals surface area contributed by atoms with Gasteiger partial charge < -0.3 is 19.7 Å². The van der Waals surface area contributed by atoms with Gasteiger partial charge in [-0.3, -0.25) is 0 Å². The lowest BCUT2D eigenvalue weighted by atomic mass is 10.0. The summed E-state index contributed by atoms with van der Waals surface area (Å²) >= 11 is 0. The molecule has 1 N–H and O–H groups in total. The Balaban J connectivity index is 1.83. The lowest BCUT2D eigenvalue weighted by Crippen LogP contribution is -2.17. The highest BCUT2D eigenvalue weighted by Crippen LogP contribution is 2.33. The van der Waals surface area contributed by atoms with Crippen molar-refractivity contribution in [1.82, 2.24) is 0 Å². The van der Waals surface area contributed by atoms with Crippen LogP contribution in [0.2, 0.25) is 0 Å². The van der Waals surface area contributed by atoms with Crippen LogP contribution in [0.25, 0.3) is 0 Å². The maximum atomic E-state index is 11.1. The van der Waals surface area contributed by atoms with E-state index in [1.165, 1.54) is 11.1 Å². The molecule has 0 fully saturated rings. The maximum Gasteiger partial charge on any atom is 0.161 e. The summed E-state index contributed by atoms with van der Waals surface area (Å²) in [5.74, 6) is 0.708. The van der Waals surface area contributed by atoms with Gasteiger partial charge in [-0.25, -0.2) is 0 Å². The van der Waals surface area contributed by atoms with E-state index in [9.17, 15) is 4.79 Å². The van der Waals surface area contributed by atoms with Crippen molar-refractivity contribution in [2.45, 2.75) is 24.9 Å². The smallest absolute Gasteiger partial charge is 0.161 e. The molecule has 2 aromatic rings. The molecule has 1 aliphatic carbocycles. The van der Waals surface area contributed by atoms with E-state index in [1.807, 2.05) is 12.1 Å². The second-order valence-corrected chi connectivity index (χ2v) is 5.66. The Morgan fingerprint density at radius 2 is 1.83 bits per heavy atom. The highest BCUT2D eigenvalue weighted by molar-refractivity contribution is 5.86. The minimum Gasteiger partial charge on any atom is -0.493 e. The van der Waals surface area contributed by atoms with Gasteiger partial charge in [0, 0.05) is 19.1 Å². The summed E-state index contributed by atoms with van der Waals surface area (Å²) in [6.45, 7) is 0. The first kappa shape index (κ1) is 15.3. The Morgan fingerprint density at radius 1 is 1.13 bits per heavy atom. The zero-order valence-corrected chi connectivity index (χ0v) is 13.0. The standard InChI is InChI=1S/C19H19NO3/c1-22-18-7-6-15(16(11-20)12-21)10-19(18)23-17-8-13-4-2-3-5-14(13)9-17/h2-7,10-12,16-17,20H,8-9H2,1H3. The van der Waals surface area contributed by atoms with Crippen molar-refractivity contribution < 1.29 is 14.3 Å². The number of ether oxygens (including phenoxy) is 2. The van der Waals surface area contributed by atoms with Gasteiger partial charge in [-0.2, -0.15) is 0 Å². The Labute approximate surface area is 135 Å². The number of rotatable bonds is 6. The van der Waals surface area contributed by atoms with Crippen LogP contribution >= 0.6 is 0 Å². The van der Waals surface area contributed by atoms with E-state index in [4.69, 9.17) is 14.9 Å². The van der Waals surface area contributed by atoms with Gasteiger partial charge in [0.2, 0.25) is 0 Å². The Bertz CT molecular complexity index is 693. The van der Waals surface area contributed by atoms with Crippen LogP contribution in [0, 0.1) is 5.41 Å². The van der Waals surface area contributed by atoms with Gasteiger partial charge >= 0.3 is 0 Å². The fourth-order valence-corrected chi connectivity index (χ4v) is 2.99. The summed E-state index contributed by atoms with van der Waals surface area (Å²) in [7, 11) is 1.60. The fourth-order valence-electron chi connectivity index (χ4n) is 2.99. The quantitative estimate of drug-likeness (QED) is 0.658. The Kier molecular flexibility index (Phi) is 4.42. The predicted molar refractivity (Wildman–Crippen MR) is 88.8 cm³/mol. The van der Waals surface area contributed by atoms with Crippen molar-refractivity contribution in [3.8, 4) is 11.5 Å². The van der Waals surface area contributed by atoms with E-state index in [2.05, 4.69) is 12.1 Å². The molecule has 3 rings (SSSR count). The normalized spacial score (nSPS) is 14.8. The van der Waals surface area contributed by atoms with Crippen LogP contribution in [0.3, 0.4) is 0 Å². The van der Waals surface area contributed by atoms with Gasteiger partial charge in [0.15, 0.2) is 11.5 Å². The van der Waals surface area contributed by atoms with Crippen molar-refractivity contribution in [3.63, 3.8) is 0 Å². The van der Waals surface area contributed by atoms with Gasteiger partial charge in [0.05, 0.1) is 13.0 Å². The number of nitrogens with one attached hydrogen (secondary N) is 1. The molecule has 0 bridgehead atoms. The lowest BCUT2D eigenvalue weighted by molar-refractivity contribution is -0.107. The second-order valence-electron chi connectivity index (χ2n) is 5.66. The number of benzene rings is 2. The molecule has 0 aliphatic heterocycles. The summed E-state index contributed by atoms with van der Waals surface area (Å²) in [5.41, 5.74) is 3.37. The molecular formula is C19H19NO3. The number of aldehydes is 1. The van der Waals surface area contributed by atoms with Crippen LogP contribution in [-0.2, 0) is 17.6 Å². The average Bonchev–Trinajstić information content (AvgIpc) is 2.98. The van der Waals surface area contributed by atoms with Gasteiger partial charge in [-0.1, -0.05) is 30.3 Å². The fraction of sp³-hybridized carbons (Fsp3) is 0.263. The number of fused-ring (bicyclic) bond motifs is 1. The highest BCUT2D eigenvalue weighted by atomic mass is 16.5. The molecule has 23 heavy (non-hydrogen) atoms. The first-order valence-electron chi connectivity index (χ1n) is 7.62. The summed E-state index contributed by atoms with van der Waals surface area (Å²) in [4.78, 5) is 11.1. The molecular weight excluding hydrogens is 290 g/mol. The first-order valence-corrected chi connectivity index (χ1v) is 7.62. The maximum absolute atomic E-state index is 11.1. The largest absolute Gasteiger partial charge is 0.493 e. The molecule has 0 amide bonds. The number of carbonyl (C=O) groups excluding carboxylic acids is 1. The van der Waals surface area contributed by atoms with Crippen molar-refractivity contribution in [1.29, 1.82) is 5.41 Å². The van der Waals surface area contributed by atoms with Gasteiger partial charge in [0.25, 0.3) is 0 Å². The van der Waals surface area contributed by atoms with Crippen LogP contribution in [0.15, 0.2) is 42.5 Å². The molecule has 0 heterocycles. The van der Waals surface area contributed by atoms with Crippen LogP contribution in [0.5, 0.6) is 11.5 Å². The summed E-state index contributed by atoms with van der Waals surface area (Å²) < 4.78 is 11.5. The predicted octanol–water partition coefficient (Wildman–Crippen LogP) is 3.17. The molecule has 0 saturated heterocycles. The van der Waals surface area contributed by atoms with Gasteiger partial charge in [-0.05, 0) is 28.8 Å². The Hall–Kier alpha value is -2.62. The molecule has 1 unspecified atom stereocenters. The second kappa shape index (κ2) is 6.65. The van der Waals surface area contributed by atoms with Crippen molar-refractivity contribution >= 4 is 12.5 Å². The van der Waals surface area contributed by atoms with E-state index >= 15 is 0 Å². The monoisotopic (exact) mass is 309 g/mol. The summed E-state index contributed by atoms with van der Waals surface area (Å²) in [6, 6.07) is 13.7. The summed E-state index contributed by atoms with van der Waals surface area (Å²) in [6.07, 6.45) is 3.68. The van der Waals surface area contributed by atoms with Crippen molar-refractivity contribution in [3.05, 3.63) is 59.2 Å². The van der Waals surface area contributed by atoms with E-state index < -0.39 is 5.92 Å².